The Morgan fingerprint density at radius 1 is 0.788 bits per heavy atom. The average Bonchev–Trinajstić information content (AvgIpc) is 3.18. The van der Waals surface area contributed by atoms with Crippen molar-refractivity contribution in [2.75, 3.05) is 11.4 Å². The molecule has 0 saturated carbocycles. The summed E-state index contributed by atoms with van der Waals surface area (Å²) in [4.78, 5) is 7.40. The summed E-state index contributed by atoms with van der Waals surface area (Å²) >= 11 is 0. The highest BCUT2D eigenvalue weighted by atomic mass is 15.2. The molecule has 0 N–H and O–H groups in total. The van der Waals surface area contributed by atoms with Crippen molar-refractivity contribution in [3.8, 4) is 0 Å². The third-order valence-corrected chi connectivity index (χ3v) is 7.22. The van der Waals surface area contributed by atoms with Crippen LogP contribution in [0, 0.1) is 0 Å². The van der Waals surface area contributed by atoms with E-state index in [2.05, 4.69) is 118 Å². The molecule has 0 atom stereocenters. The van der Waals surface area contributed by atoms with Crippen LogP contribution in [0.2, 0.25) is 0 Å². The quantitative estimate of drug-likeness (QED) is 0.298. The maximum Gasteiger partial charge on any atom is 0.0674 e. The summed E-state index contributed by atoms with van der Waals surface area (Å²) in [5.41, 5.74) is 7.66. The second-order valence-electron chi connectivity index (χ2n) is 10.3. The summed E-state index contributed by atoms with van der Waals surface area (Å²) < 4.78 is 0. The van der Waals surface area contributed by atoms with Crippen LogP contribution in [-0.2, 0) is 10.8 Å². The van der Waals surface area contributed by atoms with Crippen molar-refractivity contribution in [3.05, 3.63) is 95.7 Å². The molecule has 2 aliphatic heterocycles. The lowest BCUT2D eigenvalue weighted by molar-refractivity contribution is 0.612. The third kappa shape index (κ3) is 4.49. The predicted octanol–water partition coefficient (Wildman–Crippen LogP) is 8.42. The molecular formula is C31H38N2. The number of anilines is 1. The van der Waals surface area contributed by atoms with E-state index in [1.807, 2.05) is 0 Å². The van der Waals surface area contributed by atoms with Crippen molar-refractivity contribution in [2.24, 2.45) is 4.99 Å². The topological polar surface area (TPSA) is 15.6 Å². The number of hydrogen-bond acceptors (Lipinski definition) is 2. The van der Waals surface area contributed by atoms with E-state index in [1.165, 1.54) is 48.2 Å². The highest BCUT2D eigenvalue weighted by Crippen LogP contribution is 2.47. The van der Waals surface area contributed by atoms with Crippen LogP contribution in [0.3, 0.4) is 0 Å². The molecule has 0 radical (unpaired) electrons. The van der Waals surface area contributed by atoms with Gasteiger partial charge in [-0.3, -0.25) is 4.99 Å². The average molecular weight is 439 g/mol. The lowest BCUT2D eigenvalue weighted by Crippen LogP contribution is -2.27. The maximum atomic E-state index is 4.86. The van der Waals surface area contributed by atoms with Gasteiger partial charge in [-0.25, -0.2) is 0 Å². The Labute approximate surface area is 200 Å². The first-order valence-corrected chi connectivity index (χ1v) is 12.5. The molecule has 2 aromatic rings. The van der Waals surface area contributed by atoms with Gasteiger partial charge in [-0.2, -0.15) is 0 Å². The maximum absolute atomic E-state index is 4.86. The number of benzene rings is 2. The largest absolute Gasteiger partial charge is 0.344 e. The molecule has 0 saturated heterocycles. The summed E-state index contributed by atoms with van der Waals surface area (Å²) in [6.45, 7) is 12.6. The summed E-state index contributed by atoms with van der Waals surface area (Å²) in [5.74, 6) is 0. The van der Waals surface area contributed by atoms with Gasteiger partial charge >= 0.3 is 0 Å². The Balaban J connectivity index is 1.52. The molecule has 33 heavy (non-hydrogen) atoms. The van der Waals surface area contributed by atoms with Gasteiger partial charge in [-0.1, -0.05) is 109 Å². The minimum Gasteiger partial charge on any atom is -0.344 e. The fourth-order valence-corrected chi connectivity index (χ4v) is 5.19. The summed E-state index contributed by atoms with van der Waals surface area (Å²) in [7, 11) is 0. The number of unbranched alkanes of at least 4 members (excludes halogenated alkanes) is 3. The summed E-state index contributed by atoms with van der Waals surface area (Å²) in [6.07, 6.45) is 16.0. The zero-order valence-electron chi connectivity index (χ0n) is 20.9. The van der Waals surface area contributed by atoms with Crippen molar-refractivity contribution in [1.29, 1.82) is 0 Å². The number of hydrogen-bond donors (Lipinski definition) is 0. The van der Waals surface area contributed by atoms with E-state index < -0.39 is 0 Å². The van der Waals surface area contributed by atoms with Crippen LogP contribution >= 0.6 is 0 Å². The van der Waals surface area contributed by atoms with Gasteiger partial charge in [-0.05, 0) is 41.8 Å². The van der Waals surface area contributed by atoms with Gasteiger partial charge in [0.05, 0.1) is 11.4 Å². The van der Waals surface area contributed by atoms with E-state index >= 15 is 0 Å². The first-order chi connectivity index (χ1) is 15.9. The Morgan fingerprint density at radius 2 is 1.52 bits per heavy atom. The van der Waals surface area contributed by atoms with Crippen molar-refractivity contribution in [3.63, 3.8) is 0 Å². The molecule has 0 spiro atoms. The normalized spacial score (nSPS) is 19.5. The monoisotopic (exact) mass is 438 g/mol. The third-order valence-electron chi connectivity index (χ3n) is 7.22. The number of aliphatic imine (C=N–C) groups is 1. The molecule has 4 rings (SSSR count). The molecule has 2 heteroatoms. The minimum absolute atomic E-state index is 0.00851. The first-order valence-electron chi connectivity index (χ1n) is 12.5. The van der Waals surface area contributed by atoms with Crippen LogP contribution in [-0.4, -0.2) is 12.3 Å². The van der Waals surface area contributed by atoms with Gasteiger partial charge < -0.3 is 4.90 Å². The Kier molecular flexibility index (Phi) is 6.74. The Bertz CT molecular complexity index is 1110. The van der Waals surface area contributed by atoms with Gasteiger partial charge in [0.1, 0.15) is 0 Å². The number of nitrogens with zero attached hydrogens (tertiary/aromatic N) is 2. The smallest absolute Gasteiger partial charge is 0.0674 e. The second-order valence-corrected chi connectivity index (χ2v) is 10.3. The lowest BCUT2D eigenvalue weighted by Gasteiger charge is -2.27. The Hall–Kier alpha value is -2.87. The van der Waals surface area contributed by atoms with E-state index in [0.717, 1.165) is 17.9 Å². The molecular weight excluding hydrogens is 400 g/mol. The van der Waals surface area contributed by atoms with Gasteiger partial charge in [0.25, 0.3) is 0 Å². The highest BCUT2D eigenvalue weighted by Gasteiger charge is 2.39. The molecule has 0 aromatic heterocycles. The predicted molar refractivity (Wildman–Crippen MR) is 144 cm³/mol. The molecule has 172 valence electrons. The van der Waals surface area contributed by atoms with E-state index in [0.29, 0.717) is 0 Å². The molecule has 2 aromatic carbocycles. The van der Waals surface area contributed by atoms with Crippen LogP contribution < -0.4 is 4.90 Å². The number of allylic oxidation sites excluding steroid dienone is 6. The van der Waals surface area contributed by atoms with Crippen molar-refractivity contribution >= 4 is 17.1 Å². The van der Waals surface area contributed by atoms with Gasteiger partial charge in [0.2, 0.25) is 0 Å². The van der Waals surface area contributed by atoms with Gasteiger partial charge in [-0.15, -0.1) is 0 Å². The van der Waals surface area contributed by atoms with E-state index in [1.54, 1.807) is 0 Å². The summed E-state index contributed by atoms with van der Waals surface area (Å²) in [6, 6.07) is 17.4. The second kappa shape index (κ2) is 9.55. The fourth-order valence-electron chi connectivity index (χ4n) is 5.19. The molecule has 2 heterocycles. The van der Waals surface area contributed by atoms with Crippen molar-refractivity contribution in [2.45, 2.75) is 71.1 Å². The van der Waals surface area contributed by atoms with Crippen LogP contribution in [0.4, 0.5) is 11.4 Å². The fraction of sp³-hybridized carbons (Fsp3) is 0.387. The molecule has 0 aliphatic carbocycles. The standard InChI is InChI=1S/C31H38N2/c1-6-7-8-16-23-33-27-20-15-13-18-25(27)31(4,5)29(33)22-11-9-10-21-28-30(2,3)24-17-12-14-19-26(24)32-28/h9-15,17-22H,6-8,16,23H2,1-5H3/b11-9+,21-10+,29-22-. The van der Waals surface area contributed by atoms with Crippen LogP contribution in [0.1, 0.15) is 71.4 Å². The Morgan fingerprint density at radius 3 is 2.27 bits per heavy atom. The first kappa shape index (κ1) is 23.3. The van der Waals surface area contributed by atoms with E-state index in [-0.39, 0.29) is 10.8 Å². The molecule has 0 unspecified atom stereocenters. The summed E-state index contributed by atoms with van der Waals surface area (Å²) in [5, 5.41) is 0. The zero-order chi connectivity index (χ0) is 23.5. The van der Waals surface area contributed by atoms with E-state index in [9.17, 15) is 0 Å². The van der Waals surface area contributed by atoms with Gasteiger partial charge in [0.15, 0.2) is 0 Å². The van der Waals surface area contributed by atoms with Gasteiger partial charge in [0, 0.05) is 28.8 Å². The van der Waals surface area contributed by atoms with Crippen LogP contribution in [0.5, 0.6) is 0 Å². The lowest BCUT2D eigenvalue weighted by atomic mass is 9.81. The van der Waals surface area contributed by atoms with Crippen LogP contribution in [0.15, 0.2) is 89.6 Å². The number of para-hydroxylation sites is 2. The highest BCUT2D eigenvalue weighted by molar-refractivity contribution is 6.08. The van der Waals surface area contributed by atoms with Crippen molar-refractivity contribution < 1.29 is 0 Å². The van der Waals surface area contributed by atoms with Crippen molar-refractivity contribution in [1.82, 2.24) is 0 Å². The molecule has 0 bridgehead atoms. The molecule has 0 amide bonds. The number of rotatable bonds is 8. The molecule has 2 nitrogen and oxygen atoms in total. The van der Waals surface area contributed by atoms with Crippen LogP contribution in [0.25, 0.3) is 0 Å². The molecule has 0 fully saturated rings. The molecule has 2 aliphatic rings. The number of fused-ring (bicyclic) bond motifs is 2. The zero-order valence-corrected chi connectivity index (χ0v) is 20.9. The minimum atomic E-state index is -0.0518. The SMILES string of the molecule is CCCCCCN1\C(=C/C=C/C=C/C2=Nc3ccccc3C2(C)C)C(C)(C)c2ccccc21. The van der Waals surface area contributed by atoms with E-state index in [4.69, 9.17) is 4.99 Å².